The molecule has 22 heavy (non-hydrogen) atoms. The standard InChI is InChI=1S/C19H19FN2/c1-2-3-7-17-13-14-12-15(20)10-11-18(14)19(22-17)21-16-8-5-4-6-9-16/h4-6,8-13H,2-3,7H2,1H3,(H,21,22). The third kappa shape index (κ3) is 3.25. The number of benzene rings is 2. The molecular weight excluding hydrogens is 275 g/mol. The molecule has 0 saturated carbocycles. The second kappa shape index (κ2) is 6.56. The third-order valence-electron chi connectivity index (χ3n) is 3.67. The van der Waals surface area contributed by atoms with Crippen molar-refractivity contribution in [3.8, 4) is 0 Å². The van der Waals surface area contributed by atoms with E-state index in [1.165, 1.54) is 6.07 Å². The molecule has 0 radical (unpaired) electrons. The number of fused-ring (bicyclic) bond motifs is 1. The lowest BCUT2D eigenvalue weighted by Crippen LogP contribution is -1.99. The Hall–Kier alpha value is -2.42. The lowest BCUT2D eigenvalue weighted by Gasteiger charge is -2.11. The average Bonchev–Trinajstić information content (AvgIpc) is 2.53. The van der Waals surface area contributed by atoms with Gasteiger partial charge in [-0.1, -0.05) is 31.5 Å². The van der Waals surface area contributed by atoms with Crippen molar-refractivity contribution in [1.82, 2.24) is 4.98 Å². The van der Waals surface area contributed by atoms with Gasteiger partial charge in [-0.05, 0) is 54.6 Å². The molecule has 3 heteroatoms. The molecule has 2 aromatic carbocycles. The smallest absolute Gasteiger partial charge is 0.138 e. The highest BCUT2D eigenvalue weighted by Crippen LogP contribution is 2.27. The lowest BCUT2D eigenvalue weighted by atomic mass is 10.1. The summed E-state index contributed by atoms with van der Waals surface area (Å²) >= 11 is 0. The number of halogens is 1. The van der Waals surface area contributed by atoms with Crippen LogP contribution in [-0.2, 0) is 6.42 Å². The molecule has 1 aromatic heterocycles. The van der Waals surface area contributed by atoms with Crippen molar-refractivity contribution in [2.45, 2.75) is 26.2 Å². The van der Waals surface area contributed by atoms with Crippen LogP contribution in [-0.4, -0.2) is 4.98 Å². The quantitative estimate of drug-likeness (QED) is 0.676. The minimum atomic E-state index is -0.217. The van der Waals surface area contributed by atoms with Gasteiger partial charge in [-0.3, -0.25) is 0 Å². The maximum absolute atomic E-state index is 13.5. The van der Waals surface area contributed by atoms with E-state index in [0.29, 0.717) is 0 Å². The number of anilines is 2. The Bertz CT molecular complexity index is 769. The largest absolute Gasteiger partial charge is 0.340 e. The molecule has 1 N–H and O–H groups in total. The highest BCUT2D eigenvalue weighted by atomic mass is 19.1. The average molecular weight is 294 g/mol. The number of para-hydroxylation sites is 1. The van der Waals surface area contributed by atoms with Gasteiger partial charge in [-0.25, -0.2) is 9.37 Å². The monoisotopic (exact) mass is 294 g/mol. The minimum absolute atomic E-state index is 0.217. The zero-order valence-corrected chi connectivity index (χ0v) is 12.6. The van der Waals surface area contributed by atoms with Crippen LogP contribution in [0, 0.1) is 5.82 Å². The molecule has 0 atom stereocenters. The maximum atomic E-state index is 13.5. The molecule has 0 aliphatic heterocycles. The number of aryl methyl sites for hydroxylation is 1. The zero-order valence-electron chi connectivity index (χ0n) is 12.6. The van der Waals surface area contributed by atoms with Crippen LogP contribution < -0.4 is 5.32 Å². The van der Waals surface area contributed by atoms with Crippen LogP contribution in [0.5, 0.6) is 0 Å². The van der Waals surface area contributed by atoms with Crippen LogP contribution in [0.2, 0.25) is 0 Å². The number of hydrogen-bond donors (Lipinski definition) is 1. The summed E-state index contributed by atoms with van der Waals surface area (Å²) in [7, 11) is 0. The van der Waals surface area contributed by atoms with E-state index in [1.807, 2.05) is 36.4 Å². The fraction of sp³-hybridized carbons (Fsp3) is 0.211. The summed E-state index contributed by atoms with van der Waals surface area (Å²) in [6, 6.07) is 16.7. The number of pyridine rings is 1. The first-order valence-corrected chi connectivity index (χ1v) is 7.67. The molecule has 0 amide bonds. The lowest BCUT2D eigenvalue weighted by molar-refractivity contribution is 0.629. The summed E-state index contributed by atoms with van der Waals surface area (Å²) in [5.74, 6) is 0.570. The van der Waals surface area contributed by atoms with Crippen LogP contribution in [0.4, 0.5) is 15.9 Å². The van der Waals surface area contributed by atoms with Crippen LogP contribution in [0.15, 0.2) is 54.6 Å². The Balaban J connectivity index is 2.05. The fourth-order valence-electron chi connectivity index (χ4n) is 2.52. The number of aromatic nitrogens is 1. The van der Waals surface area contributed by atoms with Crippen LogP contribution >= 0.6 is 0 Å². The Labute approximate surface area is 130 Å². The topological polar surface area (TPSA) is 24.9 Å². The van der Waals surface area contributed by atoms with Gasteiger partial charge in [0.15, 0.2) is 0 Å². The molecule has 3 rings (SSSR count). The van der Waals surface area contributed by atoms with Crippen LogP contribution in [0.3, 0.4) is 0 Å². The Morgan fingerprint density at radius 2 is 1.86 bits per heavy atom. The van der Waals surface area contributed by atoms with Gasteiger partial charge in [-0.15, -0.1) is 0 Å². The number of nitrogens with one attached hydrogen (secondary N) is 1. The Morgan fingerprint density at radius 1 is 1.05 bits per heavy atom. The highest BCUT2D eigenvalue weighted by Gasteiger charge is 2.07. The summed E-state index contributed by atoms with van der Waals surface area (Å²) in [6.45, 7) is 2.16. The second-order valence-corrected chi connectivity index (χ2v) is 5.42. The summed E-state index contributed by atoms with van der Waals surface area (Å²) in [4.78, 5) is 4.73. The van der Waals surface area contributed by atoms with Gasteiger partial charge in [0.2, 0.25) is 0 Å². The van der Waals surface area contributed by atoms with Crippen molar-refractivity contribution >= 4 is 22.3 Å². The first-order chi connectivity index (χ1) is 10.8. The molecule has 0 spiro atoms. The van der Waals surface area contributed by atoms with Gasteiger partial charge < -0.3 is 5.32 Å². The molecule has 1 heterocycles. The van der Waals surface area contributed by atoms with E-state index in [-0.39, 0.29) is 5.82 Å². The van der Waals surface area contributed by atoms with E-state index in [9.17, 15) is 4.39 Å². The summed E-state index contributed by atoms with van der Waals surface area (Å²) in [6.07, 6.45) is 3.11. The van der Waals surface area contributed by atoms with E-state index in [0.717, 1.165) is 47.2 Å². The van der Waals surface area contributed by atoms with E-state index in [1.54, 1.807) is 12.1 Å². The van der Waals surface area contributed by atoms with Gasteiger partial charge >= 0.3 is 0 Å². The van der Waals surface area contributed by atoms with Gasteiger partial charge in [-0.2, -0.15) is 0 Å². The molecule has 2 nitrogen and oxygen atoms in total. The molecule has 0 aliphatic rings. The van der Waals surface area contributed by atoms with E-state index in [2.05, 4.69) is 12.2 Å². The molecule has 0 unspecified atom stereocenters. The first-order valence-electron chi connectivity index (χ1n) is 7.67. The van der Waals surface area contributed by atoms with Crippen LogP contribution in [0.1, 0.15) is 25.5 Å². The van der Waals surface area contributed by atoms with Gasteiger partial charge in [0.05, 0.1) is 0 Å². The number of rotatable bonds is 5. The summed E-state index contributed by atoms with van der Waals surface area (Å²) < 4.78 is 13.5. The fourth-order valence-corrected chi connectivity index (χ4v) is 2.52. The molecule has 0 fully saturated rings. The van der Waals surface area contributed by atoms with Crippen molar-refractivity contribution < 1.29 is 4.39 Å². The van der Waals surface area contributed by atoms with E-state index in [4.69, 9.17) is 4.98 Å². The molecule has 0 saturated heterocycles. The Kier molecular flexibility index (Phi) is 4.33. The van der Waals surface area contributed by atoms with Crippen molar-refractivity contribution in [2.75, 3.05) is 5.32 Å². The van der Waals surface area contributed by atoms with Crippen molar-refractivity contribution in [1.29, 1.82) is 0 Å². The minimum Gasteiger partial charge on any atom is -0.340 e. The summed E-state index contributed by atoms with van der Waals surface area (Å²) in [5, 5.41) is 5.17. The summed E-state index contributed by atoms with van der Waals surface area (Å²) in [5.41, 5.74) is 1.98. The van der Waals surface area contributed by atoms with Crippen molar-refractivity contribution in [2.24, 2.45) is 0 Å². The highest BCUT2D eigenvalue weighted by molar-refractivity contribution is 5.93. The van der Waals surface area contributed by atoms with Crippen LogP contribution in [0.25, 0.3) is 10.8 Å². The van der Waals surface area contributed by atoms with Crippen molar-refractivity contribution in [3.63, 3.8) is 0 Å². The van der Waals surface area contributed by atoms with Gasteiger partial charge in [0, 0.05) is 16.8 Å². The predicted octanol–water partition coefficient (Wildman–Crippen LogP) is 5.46. The number of unbranched alkanes of at least 4 members (excludes halogenated alkanes) is 1. The number of hydrogen-bond acceptors (Lipinski definition) is 2. The normalized spacial score (nSPS) is 10.8. The van der Waals surface area contributed by atoms with E-state index < -0.39 is 0 Å². The molecule has 3 aromatic rings. The Morgan fingerprint density at radius 3 is 2.64 bits per heavy atom. The molecule has 0 bridgehead atoms. The molecular formula is C19H19FN2. The molecule has 112 valence electrons. The van der Waals surface area contributed by atoms with Gasteiger partial charge in [0.1, 0.15) is 11.6 Å². The second-order valence-electron chi connectivity index (χ2n) is 5.42. The third-order valence-corrected chi connectivity index (χ3v) is 3.67. The maximum Gasteiger partial charge on any atom is 0.138 e. The van der Waals surface area contributed by atoms with E-state index >= 15 is 0 Å². The predicted molar refractivity (Wildman–Crippen MR) is 90.0 cm³/mol. The van der Waals surface area contributed by atoms with Crippen molar-refractivity contribution in [3.05, 3.63) is 66.1 Å². The first kappa shape index (κ1) is 14.5. The number of nitrogens with zero attached hydrogens (tertiary/aromatic N) is 1. The zero-order chi connectivity index (χ0) is 15.4. The SMILES string of the molecule is CCCCc1cc2cc(F)ccc2c(Nc2ccccc2)n1. The van der Waals surface area contributed by atoms with Gasteiger partial charge in [0.25, 0.3) is 0 Å². The molecule has 0 aliphatic carbocycles.